The molecule has 1 amide bonds. The number of hydrogen-bond donors (Lipinski definition) is 1. The molecule has 22 heavy (non-hydrogen) atoms. The number of hydrogen-bond acceptors (Lipinski definition) is 6. The first kappa shape index (κ1) is 14.5. The third-order valence-electron chi connectivity index (χ3n) is 4.24. The first-order valence-electron chi connectivity index (χ1n) is 6.96. The molecule has 1 aromatic carbocycles. The number of ether oxygens (including phenoxy) is 1. The molecule has 3 rings (SSSR count). The summed E-state index contributed by atoms with van der Waals surface area (Å²) in [5.74, 6) is -4.77. The predicted molar refractivity (Wildman–Crippen MR) is 69.3 cm³/mol. The average molecular weight is 303 g/mol. The lowest BCUT2D eigenvalue weighted by Gasteiger charge is -2.27. The van der Waals surface area contributed by atoms with Crippen molar-refractivity contribution in [3.63, 3.8) is 0 Å². The standard InChI is InChI=1S/C15H15NO6/c17-13(16-8-3-1-7(2-4-8)14(18)19)11-9-5-6-10(22-9)12(11)15(20)21/h1-4,9-12H,5-6H2,(H,16,17)(H,18,19)(H,20,21)/p-2/t9-,10+,11-,12-/m0/s1. The van der Waals surface area contributed by atoms with Crippen LogP contribution in [-0.4, -0.2) is 30.1 Å². The van der Waals surface area contributed by atoms with E-state index in [1.165, 1.54) is 24.3 Å². The Hall–Kier alpha value is -2.41. The molecule has 0 aromatic heterocycles. The molecule has 2 aliphatic heterocycles. The number of benzene rings is 1. The molecule has 0 saturated carbocycles. The monoisotopic (exact) mass is 303 g/mol. The maximum absolute atomic E-state index is 12.3. The van der Waals surface area contributed by atoms with Crippen LogP contribution in [-0.2, 0) is 14.3 Å². The zero-order valence-electron chi connectivity index (χ0n) is 11.5. The topological polar surface area (TPSA) is 119 Å². The Morgan fingerprint density at radius 3 is 2.14 bits per heavy atom. The van der Waals surface area contributed by atoms with Gasteiger partial charge in [0.1, 0.15) is 0 Å². The van der Waals surface area contributed by atoms with Crippen LogP contribution in [0.15, 0.2) is 24.3 Å². The first-order valence-corrected chi connectivity index (χ1v) is 6.96. The fourth-order valence-electron chi connectivity index (χ4n) is 3.23. The Morgan fingerprint density at radius 1 is 1.00 bits per heavy atom. The van der Waals surface area contributed by atoms with Crippen LogP contribution >= 0.6 is 0 Å². The van der Waals surface area contributed by atoms with Crippen LogP contribution in [0.4, 0.5) is 5.69 Å². The van der Waals surface area contributed by atoms with Gasteiger partial charge in [-0.1, -0.05) is 12.1 Å². The van der Waals surface area contributed by atoms with Crippen LogP contribution in [0.1, 0.15) is 23.2 Å². The summed E-state index contributed by atoms with van der Waals surface area (Å²) in [6, 6.07) is 5.45. The number of aromatic carboxylic acids is 1. The van der Waals surface area contributed by atoms with E-state index in [4.69, 9.17) is 4.74 Å². The largest absolute Gasteiger partial charge is 0.550 e. The van der Waals surface area contributed by atoms with Gasteiger partial charge in [0, 0.05) is 17.6 Å². The minimum Gasteiger partial charge on any atom is -0.550 e. The number of nitrogens with one attached hydrogen (secondary N) is 1. The molecule has 7 nitrogen and oxygen atoms in total. The van der Waals surface area contributed by atoms with Gasteiger partial charge >= 0.3 is 0 Å². The van der Waals surface area contributed by atoms with Crippen molar-refractivity contribution >= 4 is 23.5 Å². The summed E-state index contributed by atoms with van der Waals surface area (Å²) in [6.45, 7) is 0. The maximum atomic E-state index is 12.3. The smallest absolute Gasteiger partial charge is 0.230 e. The number of amides is 1. The Kier molecular flexibility index (Phi) is 3.58. The third kappa shape index (κ3) is 2.43. The maximum Gasteiger partial charge on any atom is 0.230 e. The molecule has 2 aliphatic rings. The number of anilines is 1. The summed E-state index contributed by atoms with van der Waals surface area (Å²) < 4.78 is 5.50. The van der Waals surface area contributed by atoms with Crippen molar-refractivity contribution in [3.8, 4) is 0 Å². The molecular formula is C15H13NO6-2. The number of fused-ring (bicyclic) bond motifs is 2. The van der Waals surface area contributed by atoms with Crippen LogP contribution < -0.4 is 15.5 Å². The number of rotatable bonds is 4. The SMILES string of the molecule is O=C([O-])c1ccc(NC(=O)[C@@H]2[C@@H](C(=O)[O-])[C@H]3CC[C@@H]2O3)cc1. The van der Waals surface area contributed by atoms with Gasteiger partial charge in [-0.25, -0.2) is 0 Å². The Labute approximate surface area is 125 Å². The number of aliphatic carboxylic acids is 1. The van der Waals surface area contributed by atoms with Crippen molar-refractivity contribution in [2.75, 3.05) is 5.32 Å². The predicted octanol–water partition coefficient (Wildman–Crippen LogP) is -1.47. The number of carbonyl (C=O) groups excluding carboxylic acids is 3. The molecule has 0 radical (unpaired) electrons. The summed E-state index contributed by atoms with van der Waals surface area (Å²) in [7, 11) is 0. The molecule has 2 fully saturated rings. The number of carbonyl (C=O) groups is 3. The second-order valence-corrected chi connectivity index (χ2v) is 5.51. The highest BCUT2D eigenvalue weighted by molar-refractivity contribution is 5.96. The molecule has 116 valence electrons. The Bertz CT molecular complexity index is 625. The van der Waals surface area contributed by atoms with Crippen molar-refractivity contribution in [2.24, 2.45) is 11.8 Å². The van der Waals surface area contributed by atoms with Crippen LogP contribution in [0, 0.1) is 11.8 Å². The summed E-state index contributed by atoms with van der Waals surface area (Å²) >= 11 is 0. The highest BCUT2D eigenvalue weighted by Gasteiger charge is 2.52. The van der Waals surface area contributed by atoms with Gasteiger partial charge in [0.25, 0.3) is 0 Å². The van der Waals surface area contributed by atoms with Gasteiger partial charge in [-0.2, -0.15) is 0 Å². The van der Waals surface area contributed by atoms with E-state index in [1.54, 1.807) is 0 Å². The first-order chi connectivity index (χ1) is 10.5. The molecule has 1 aromatic rings. The molecular weight excluding hydrogens is 290 g/mol. The number of carboxylic acid groups (broad SMARTS) is 2. The minimum absolute atomic E-state index is 0.00568. The molecule has 0 spiro atoms. The van der Waals surface area contributed by atoms with Crippen molar-refractivity contribution < 1.29 is 29.3 Å². The molecule has 2 saturated heterocycles. The van der Waals surface area contributed by atoms with Crippen molar-refractivity contribution in [1.82, 2.24) is 0 Å². The van der Waals surface area contributed by atoms with Gasteiger partial charge in [-0.3, -0.25) is 4.79 Å². The quantitative estimate of drug-likeness (QED) is 0.725. The normalized spacial score (nSPS) is 29.3. The summed E-state index contributed by atoms with van der Waals surface area (Å²) in [4.78, 5) is 34.2. The minimum atomic E-state index is -1.31. The zero-order chi connectivity index (χ0) is 15.9. The second-order valence-electron chi connectivity index (χ2n) is 5.51. The van der Waals surface area contributed by atoms with Gasteiger partial charge in [0.15, 0.2) is 0 Å². The van der Waals surface area contributed by atoms with E-state index in [-0.39, 0.29) is 5.56 Å². The van der Waals surface area contributed by atoms with Crippen LogP contribution in [0.3, 0.4) is 0 Å². The van der Waals surface area contributed by atoms with Crippen LogP contribution in [0.5, 0.6) is 0 Å². The summed E-state index contributed by atoms with van der Waals surface area (Å²) in [5, 5.41) is 24.5. The molecule has 0 aliphatic carbocycles. The van der Waals surface area contributed by atoms with Gasteiger partial charge in [0.05, 0.1) is 24.1 Å². The van der Waals surface area contributed by atoms with Crippen molar-refractivity contribution in [2.45, 2.75) is 25.0 Å². The van der Waals surface area contributed by atoms with Gasteiger partial charge in [-0.05, 0) is 30.5 Å². The van der Waals surface area contributed by atoms with Crippen molar-refractivity contribution in [3.05, 3.63) is 29.8 Å². The number of carboxylic acids is 2. The second kappa shape index (κ2) is 5.42. The average Bonchev–Trinajstić information content (AvgIpc) is 3.08. The lowest BCUT2D eigenvalue weighted by atomic mass is 9.78. The molecule has 2 bridgehead atoms. The summed E-state index contributed by atoms with van der Waals surface area (Å²) in [5.41, 5.74) is 0.378. The molecule has 2 heterocycles. The third-order valence-corrected chi connectivity index (χ3v) is 4.24. The van der Waals surface area contributed by atoms with Crippen LogP contribution in [0.25, 0.3) is 0 Å². The highest BCUT2D eigenvalue weighted by atomic mass is 16.5. The van der Waals surface area contributed by atoms with E-state index in [9.17, 15) is 24.6 Å². The van der Waals surface area contributed by atoms with Gasteiger partial charge in [-0.15, -0.1) is 0 Å². The fourth-order valence-corrected chi connectivity index (χ4v) is 3.23. The zero-order valence-corrected chi connectivity index (χ0v) is 11.5. The van der Waals surface area contributed by atoms with E-state index in [2.05, 4.69) is 5.32 Å². The molecule has 4 atom stereocenters. The lowest BCUT2D eigenvalue weighted by Crippen LogP contribution is -2.46. The van der Waals surface area contributed by atoms with E-state index in [0.717, 1.165) is 0 Å². The highest BCUT2D eigenvalue weighted by Crippen LogP contribution is 2.43. The molecule has 1 N–H and O–H groups in total. The molecule has 0 unspecified atom stereocenters. The van der Waals surface area contributed by atoms with E-state index in [0.29, 0.717) is 18.5 Å². The van der Waals surface area contributed by atoms with E-state index >= 15 is 0 Å². The lowest BCUT2D eigenvalue weighted by molar-refractivity contribution is -0.313. The van der Waals surface area contributed by atoms with E-state index in [1.807, 2.05) is 0 Å². The van der Waals surface area contributed by atoms with Gasteiger partial charge < -0.3 is 29.9 Å². The van der Waals surface area contributed by atoms with Gasteiger partial charge in [0.2, 0.25) is 5.91 Å². The summed E-state index contributed by atoms with van der Waals surface area (Å²) in [6.07, 6.45) is 0.394. The van der Waals surface area contributed by atoms with Crippen molar-refractivity contribution in [1.29, 1.82) is 0 Å². The Balaban J connectivity index is 1.73. The fraction of sp³-hybridized carbons (Fsp3) is 0.400. The van der Waals surface area contributed by atoms with E-state index < -0.39 is 41.9 Å². The van der Waals surface area contributed by atoms with Crippen LogP contribution in [0.2, 0.25) is 0 Å². The molecule has 7 heteroatoms. The Morgan fingerprint density at radius 2 is 1.59 bits per heavy atom.